The largest absolute Gasteiger partial charge is 0.335 e. The molecular weight excluding hydrogens is 184 g/mol. The van der Waals surface area contributed by atoms with Gasteiger partial charge in [0, 0.05) is 17.8 Å². The van der Waals surface area contributed by atoms with E-state index in [0.717, 1.165) is 25.0 Å². The van der Waals surface area contributed by atoms with E-state index in [1.807, 2.05) is 0 Å². The van der Waals surface area contributed by atoms with Crippen molar-refractivity contribution in [2.24, 2.45) is 0 Å². The van der Waals surface area contributed by atoms with E-state index in [1.165, 1.54) is 0 Å². The fourth-order valence-corrected chi connectivity index (χ4v) is 1.82. The van der Waals surface area contributed by atoms with Crippen LogP contribution in [0.5, 0.6) is 0 Å². The molecule has 4 heteroatoms. The number of thioether (sulfide) groups is 1. The van der Waals surface area contributed by atoms with Gasteiger partial charge in [0.25, 0.3) is 0 Å². The van der Waals surface area contributed by atoms with Gasteiger partial charge in [0.15, 0.2) is 0 Å². The quantitative estimate of drug-likeness (QED) is 0.711. The van der Waals surface area contributed by atoms with E-state index in [1.54, 1.807) is 11.8 Å². The third-order valence-corrected chi connectivity index (χ3v) is 2.84. The second-order valence-corrected chi connectivity index (χ2v) is 4.36. The number of amides is 2. The van der Waals surface area contributed by atoms with Crippen LogP contribution in [0.4, 0.5) is 4.79 Å². The molecule has 0 aromatic rings. The molecule has 0 heterocycles. The van der Waals surface area contributed by atoms with Crippen molar-refractivity contribution in [3.05, 3.63) is 0 Å². The Kier molecular flexibility index (Phi) is 4.42. The smallest absolute Gasteiger partial charge is 0.315 e. The number of hydrogen-bond acceptors (Lipinski definition) is 2. The minimum atomic E-state index is 0.00315. The molecule has 0 spiro atoms. The molecule has 0 saturated heterocycles. The SMILES string of the molecule is CCC(CSC)NC(=O)NC1CC1. The second kappa shape index (κ2) is 5.37. The first-order valence-electron chi connectivity index (χ1n) is 4.82. The van der Waals surface area contributed by atoms with Crippen molar-refractivity contribution in [3.63, 3.8) is 0 Å². The van der Waals surface area contributed by atoms with Crippen molar-refractivity contribution in [3.8, 4) is 0 Å². The Labute approximate surface area is 84.0 Å². The lowest BCUT2D eigenvalue weighted by molar-refractivity contribution is 0.237. The van der Waals surface area contributed by atoms with Crippen molar-refractivity contribution in [2.75, 3.05) is 12.0 Å². The standard InChI is InChI=1S/C9H18N2OS/c1-3-7(6-13-2)10-9(12)11-8-4-5-8/h7-8H,3-6H2,1-2H3,(H2,10,11,12). The molecule has 1 rings (SSSR count). The van der Waals surface area contributed by atoms with Gasteiger partial charge < -0.3 is 10.6 Å². The summed E-state index contributed by atoms with van der Waals surface area (Å²) in [6.07, 6.45) is 5.35. The third-order valence-electron chi connectivity index (χ3n) is 2.11. The van der Waals surface area contributed by atoms with Crippen LogP contribution in [0.25, 0.3) is 0 Å². The Balaban J connectivity index is 2.14. The normalized spacial score (nSPS) is 18.0. The van der Waals surface area contributed by atoms with Crippen LogP contribution in [-0.2, 0) is 0 Å². The first-order valence-corrected chi connectivity index (χ1v) is 6.21. The highest BCUT2D eigenvalue weighted by molar-refractivity contribution is 7.98. The van der Waals surface area contributed by atoms with Crippen molar-refractivity contribution in [1.82, 2.24) is 10.6 Å². The van der Waals surface area contributed by atoms with Gasteiger partial charge in [-0.25, -0.2) is 4.79 Å². The summed E-state index contributed by atoms with van der Waals surface area (Å²) in [5.41, 5.74) is 0. The maximum Gasteiger partial charge on any atom is 0.315 e. The van der Waals surface area contributed by atoms with Crippen molar-refractivity contribution >= 4 is 17.8 Å². The summed E-state index contributed by atoms with van der Waals surface area (Å²) in [7, 11) is 0. The molecule has 13 heavy (non-hydrogen) atoms. The topological polar surface area (TPSA) is 41.1 Å². The molecule has 0 aromatic carbocycles. The molecule has 0 bridgehead atoms. The van der Waals surface area contributed by atoms with Gasteiger partial charge in [0.1, 0.15) is 0 Å². The number of urea groups is 1. The summed E-state index contributed by atoms with van der Waals surface area (Å²) in [6.45, 7) is 2.10. The summed E-state index contributed by atoms with van der Waals surface area (Å²) in [4.78, 5) is 11.3. The van der Waals surface area contributed by atoms with E-state index in [2.05, 4.69) is 23.8 Å². The minimum Gasteiger partial charge on any atom is -0.335 e. The highest BCUT2D eigenvalue weighted by Crippen LogP contribution is 2.18. The zero-order valence-corrected chi connectivity index (χ0v) is 9.12. The monoisotopic (exact) mass is 202 g/mol. The summed E-state index contributed by atoms with van der Waals surface area (Å²) < 4.78 is 0. The zero-order chi connectivity index (χ0) is 9.68. The van der Waals surface area contributed by atoms with Gasteiger partial charge in [-0.2, -0.15) is 11.8 Å². The van der Waals surface area contributed by atoms with Crippen LogP contribution in [0.1, 0.15) is 26.2 Å². The molecule has 1 unspecified atom stereocenters. The Morgan fingerprint density at radius 1 is 1.62 bits per heavy atom. The molecular formula is C9H18N2OS. The van der Waals surface area contributed by atoms with Crippen LogP contribution in [0, 0.1) is 0 Å². The van der Waals surface area contributed by atoms with Gasteiger partial charge in [-0.15, -0.1) is 0 Å². The van der Waals surface area contributed by atoms with Crippen LogP contribution < -0.4 is 10.6 Å². The molecule has 1 aliphatic carbocycles. The van der Waals surface area contributed by atoms with E-state index in [4.69, 9.17) is 0 Å². The maximum absolute atomic E-state index is 11.3. The van der Waals surface area contributed by atoms with Gasteiger partial charge in [-0.05, 0) is 25.5 Å². The molecule has 0 aromatic heterocycles. The van der Waals surface area contributed by atoms with Crippen molar-refractivity contribution in [2.45, 2.75) is 38.3 Å². The van der Waals surface area contributed by atoms with Gasteiger partial charge in [0.05, 0.1) is 0 Å². The number of carbonyl (C=O) groups excluding carboxylic acids is 1. The minimum absolute atomic E-state index is 0.00315. The average Bonchev–Trinajstić information content (AvgIpc) is 2.87. The lowest BCUT2D eigenvalue weighted by Crippen LogP contribution is -2.43. The van der Waals surface area contributed by atoms with Crippen molar-refractivity contribution < 1.29 is 4.79 Å². The Morgan fingerprint density at radius 3 is 2.77 bits per heavy atom. The molecule has 0 radical (unpaired) electrons. The Morgan fingerprint density at radius 2 is 2.31 bits per heavy atom. The molecule has 2 N–H and O–H groups in total. The highest BCUT2D eigenvalue weighted by atomic mass is 32.2. The molecule has 1 fully saturated rings. The zero-order valence-electron chi connectivity index (χ0n) is 8.30. The van der Waals surface area contributed by atoms with Crippen LogP contribution in [0.15, 0.2) is 0 Å². The second-order valence-electron chi connectivity index (χ2n) is 3.45. The fourth-order valence-electron chi connectivity index (χ4n) is 1.10. The van der Waals surface area contributed by atoms with Gasteiger partial charge in [0.2, 0.25) is 0 Å². The average molecular weight is 202 g/mol. The molecule has 1 saturated carbocycles. The lowest BCUT2D eigenvalue weighted by Gasteiger charge is -2.15. The first kappa shape index (κ1) is 10.7. The van der Waals surface area contributed by atoms with Crippen LogP contribution in [0.3, 0.4) is 0 Å². The molecule has 2 amide bonds. The number of hydrogen-bond donors (Lipinski definition) is 2. The predicted molar refractivity (Wildman–Crippen MR) is 57.2 cm³/mol. The van der Waals surface area contributed by atoms with Crippen LogP contribution >= 0.6 is 11.8 Å². The molecule has 3 nitrogen and oxygen atoms in total. The fraction of sp³-hybridized carbons (Fsp3) is 0.889. The van der Waals surface area contributed by atoms with Gasteiger partial charge in [-0.3, -0.25) is 0 Å². The number of rotatable bonds is 5. The van der Waals surface area contributed by atoms with Crippen LogP contribution in [-0.4, -0.2) is 30.1 Å². The summed E-state index contributed by atoms with van der Waals surface area (Å²) in [5, 5.41) is 5.89. The Hall–Kier alpha value is -0.380. The summed E-state index contributed by atoms with van der Waals surface area (Å²) in [5.74, 6) is 0.995. The first-order chi connectivity index (χ1) is 6.26. The predicted octanol–water partition coefficient (Wildman–Crippen LogP) is 1.59. The number of carbonyl (C=O) groups is 1. The molecule has 76 valence electrons. The van der Waals surface area contributed by atoms with Crippen LogP contribution in [0.2, 0.25) is 0 Å². The van der Waals surface area contributed by atoms with E-state index in [-0.39, 0.29) is 6.03 Å². The van der Waals surface area contributed by atoms with Gasteiger partial charge >= 0.3 is 6.03 Å². The highest BCUT2D eigenvalue weighted by Gasteiger charge is 2.23. The summed E-state index contributed by atoms with van der Waals surface area (Å²) >= 11 is 1.77. The summed E-state index contributed by atoms with van der Waals surface area (Å²) in [6, 6.07) is 0.768. The van der Waals surface area contributed by atoms with Crippen molar-refractivity contribution in [1.29, 1.82) is 0 Å². The maximum atomic E-state index is 11.3. The lowest BCUT2D eigenvalue weighted by atomic mass is 10.3. The van der Waals surface area contributed by atoms with E-state index >= 15 is 0 Å². The van der Waals surface area contributed by atoms with E-state index < -0.39 is 0 Å². The number of nitrogens with one attached hydrogen (secondary N) is 2. The molecule has 1 aliphatic rings. The third kappa shape index (κ3) is 4.41. The van der Waals surface area contributed by atoms with Gasteiger partial charge in [-0.1, -0.05) is 6.92 Å². The van der Waals surface area contributed by atoms with E-state index in [9.17, 15) is 4.79 Å². The molecule has 0 aliphatic heterocycles. The van der Waals surface area contributed by atoms with E-state index in [0.29, 0.717) is 12.1 Å². The molecule has 1 atom stereocenters. The Bertz CT molecular complexity index is 171.